The van der Waals surface area contributed by atoms with Crippen LogP contribution in [0.25, 0.3) is 5.69 Å². The minimum Gasteiger partial charge on any atom is -0.382 e. The lowest BCUT2D eigenvalue weighted by Gasteiger charge is -2.41. The van der Waals surface area contributed by atoms with Gasteiger partial charge in [0.05, 0.1) is 24.1 Å². The molecule has 2 heterocycles. The van der Waals surface area contributed by atoms with Crippen molar-refractivity contribution in [3.63, 3.8) is 0 Å². The summed E-state index contributed by atoms with van der Waals surface area (Å²) >= 11 is 0. The second-order valence-electron chi connectivity index (χ2n) is 7.52. The molecule has 1 aliphatic heterocycles. The molecule has 0 bridgehead atoms. The van der Waals surface area contributed by atoms with Crippen LogP contribution in [0.5, 0.6) is 0 Å². The molecule has 0 saturated carbocycles. The lowest BCUT2D eigenvalue weighted by atomic mass is 10.1. The number of benzene rings is 1. The van der Waals surface area contributed by atoms with Crippen molar-refractivity contribution in [2.24, 2.45) is 5.73 Å². The number of anilines is 2. The number of piperazine rings is 1. The van der Waals surface area contributed by atoms with Crippen molar-refractivity contribution in [3.05, 3.63) is 46.9 Å². The number of nitrogens with two attached hydrogens (primary N) is 1. The second kappa shape index (κ2) is 10.9. The standard InChI is InChI=1S/C22H32N6O3/c1-3-31-13-7-10-24-21-19(26-11-12-27(17(2)16-26)20(29)14-23)15-25-28(22(21)30)18-8-5-4-6-9-18/h4-6,8-9,15,17,24H,3,7,10-14,16,23H2,1-2H3/t17-/m0/s1. The van der Waals surface area contributed by atoms with Crippen LogP contribution < -0.4 is 21.5 Å². The molecular formula is C22H32N6O3. The SMILES string of the molecule is CCOCCCNc1c(N2CCN(C(=O)CN)[C@@H](C)C2)cnn(-c2ccccc2)c1=O. The number of amides is 1. The second-order valence-corrected chi connectivity index (χ2v) is 7.52. The molecule has 31 heavy (non-hydrogen) atoms. The van der Waals surface area contributed by atoms with E-state index >= 15 is 0 Å². The maximum Gasteiger partial charge on any atom is 0.296 e. The van der Waals surface area contributed by atoms with Crippen molar-refractivity contribution in [3.8, 4) is 5.69 Å². The van der Waals surface area contributed by atoms with Crippen LogP contribution in [0.15, 0.2) is 41.3 Å². The van der Waals surface area contributed by atoms with E-state index in [2.05, 4.69) is 15.3 Å². The predicted molar refractivity (Wildman–Crippen MR) is 122 cm³/mol. The normalized spacial score (nSPS) is 16.4. The van der Waals surface area contributed by atoms with Gasteiger partial charge in [0.25, 0.3) is 5.56 Å². The van der Waals surface area contributed by atoms with Gasteiger partial charge in [-0.2, -0.15) is 9.78 Å². The molecule has 1 aromatic heterocycles. The van der Waals surface area contributed by atoms with Crippen molar-refractivity contribution >= 4 is 17.3 Å². The number of nitrogens with zero attached hydrogens (tertiary/aromatic N) is 4. The van der Waals surface area contributed by atoms with Crippen LogP contribution in [0.2, 0.25) is 0 Å². The van der Waals surface area contributed by atoms with E-state index in [0.29, 0.717) is 50.8 Å². The summed E-state index contributed by atoms with van der Waals surface area (Å²) in [6.45, 7) is 7.65. The molecule has 1 amide bonds. The fourth-order valence-corrected chi connectivity index (χ4v) is 3.80. The lowest BCUT2D eigenvalue weighted by Crippen LogP contribution is -2.55. The number of aromatic nitrogens is 2. The number of nitrogens with one attached hydrogen (secondary N) is 1. The van der Waals surface area contributed by atoms with E-state index < -0.39 is 0 Å². The first kappa shape index (κ1) is 22.8. The number of hydrogen-bond donors (Lipinski definition) is 2. The van der Waals surface area contributed by atoms with Gasteiger partial charge in [0, 0.05) is 45.4 Å². The highest BCUT2D eigenvalue weighted by Gasteiger charge is 2.29. The van der Waals surface area contributed by atoms with Crippen molar-refractivity contribution in [1.29, 1.82) is 0 Å². The van der Waals surface area contributed by atoms with Gasteiger partial charge in [-0.3, -0.25) is 9.59 Å². The molecule has 0 unspecified atom stereocenters. The average Bonchev–Trinajstić information content (AvgIpc) is 2.79. The third kappa shape index (κ3) is 5.42. The molecule has 2 aromatic rings. The van der Waals surface area contributed by atoms with Crippen LogP contribution in [-0.2, 0) is 9.53 Å². The smallest absolute Gasteiger partial charge is 0.296 e. The van der Waals surface area contributed by atoms with Gasteiger partial charge in [0.15, 0.2) is 0 Å². The van der Waals surface area contributed by atoms with Crippen LogP contribution in [-0.4, -0.2) is 72.6 Å². The fourth-order valence-electron chi connectivity index (χ4n) is 3.80. The number of carbonyl (C=O) groups is 1. The Morgan fingerprint density at radius 2 is 2.06 bits per heavy atom. The summed E-state index contributed by atoms with van der Waals surface area (Å²) in [6.07, 6.45) is 2.52. The first-order valence-corrected chi connectivity index (χ1v) is 10.8. The molecule has 1 aliphatic rings. The van der Waals surface area contributed by atoms with Gasteiger partial charge in [-0.25, -0.2) is 0 Å². The molecule has 168 valence electrons. The number of rotatable bonds is 9. The average molecular weight is 429 g/mol. The molecule has 0 radical (unpaired) electrons. The van der Waals surface area contributed by atoms with E-state index in [0.717, 1.165) is 12.1 Å². The summed E-state index contributed by atoms with van der Waals surface area (Å²) < 4.78 is 6.82. The first-order valence-electron chi connectivity index (χ1n) is 10.8. The summed E-state index contributed by atoms with van der Waals surface area (Å²) in [6, 6.07) is 9.36. The molecule has 1 atom stereocenters. The third-order valence-corrected chi connectivity index (χ3v) is 5.39. The first-order chi connectivity index (χ1) is 15.1. The summed E-state index contributed by atoms with van der Waals surface area (Å²) in [5, 5.41) is 7.75. The Balaban J connectivity index is 1.87. The summed E-state index contributed by atoms with van der Waals surface area (Å²) in [4.78, 5) is 29.3. The van der Waals surface area contributed by atoms with E-state index in [-0.39, 0.29) is 24.1 Å². The largest absolute Gasteiger partial charge is 0.382 e. The predicted octanol–water partition coefficient (Wildman–Crippen LogP) is 1.07. The molecule has 3 rings (SSSR count). The van der Waals surface area contributed by atoms with Crippen LogP contribution >= 0.6 is 0 Å². The summed E-state index contributed by atoms with van der Waals surface area (Å²) in [7, 11) is 0. The topological polar surface area (TPSA) is 106 Å². The maximum absolute atomic E-state index is 13.4. The number of carbonyl (C=O) groups excluding carboxylic acids is 1. The van der Waals surface area contributed by atoms with Gasteiger partial charge in [-0.05, 0) is 32.4 Å². The van der Waals surface area contributed by atoms with E-state index in [1.54, 1.807) is 11.1 Å². The highest BCUT2D eigenvalue weighted by atomic mass is 16.5. The van der Waals surface area contributed by atoms with E-state index in [4.69, 9.17) is 10.5 Å². The Kier molecular flexibility index (Phi) is 8.02. The molecule has 1 saturated heterocycles. The quantitative estimate of drug-likeness (QED) is 0.576. The number of para-hydroxylation sites is 1. The van der Waals surface area contributed by atoms with Gasteiger partial charge in [-0.15, -0.1) is 0 Å². The molecule has 0 aliphatic carbocycles. The minimum atomic E-state index is -0.201. The minimum absolute atomic E-state index is 0.00561. The maximum atomic E-state index is 13.4. The zero-order chi connectivity index (χ0) is 22.2. The summed E-state index contributed by atoms with van der Waals surface area (Å²) in [5.74, 6) is -0.0564. The molecule has 3 N–H and O–H groups in total. The zero-order valence-corrected chi connectivity index (χ0v) is 18.3. The Morgan fingerprint density at radius 1 is 1.29 bits per heavy atom. The van der Waals surface area contributed by atoms with Crippen LogP contribution in [0, 0.1) is 0 Å². The van der Waals surface area contributed by atoms with Gasteiger partial charge >= 0.3 is 0 Å². The van der Waals surface area contributed by atoms with E-state index in [1.807, 2.05) is 44.2 Å². The highest BCUT2D eigenvalue weighted by molar-refractivity contribution is 5.79. The third-order valence-electron chi connectivity index (χ3n) is 5.39. The Hall–Kier alpha value is -2.91. The van der Waals surface area contributed by atoms with Crippen LogP contribution in [0.4, 0.5) is 11.4 Å². The monoisotopic (exact) mass is 428 g/mol. The Labute approximate surface area is 182 Å². The number of hydrogen-bond acceptors (Lipinski definition) is 7. The van der Waals surface area contributed by atoms with Gasteiger partial charge in [0.1, 0.15) is 5.69 Å². The highest BCUT2D eigenvalue weighted by Crippen LogP contribution is 2.25. The van der Waals surface area contributed by atoms with E-state index in [9.17, 15) is 9.59 Å². The van der Waals surface area contributed by atoms with Gasteiger partial charge < -0.3 is 25.6 Å². The Morgan fingerprint density at radius 3 is 2.74 bits per heavy atom. The van der Waals surface area contributed by atoms with Crippen LogP contribution in [0.3, 0.4) is 0 Å². The molecule has 1 fully saturated rings. The van der Waals surface area contributed by atoms with Gasteiger partial charge in [-0.1, -0.05) is 18.2 Å². The van der Waals surface area contributed by atoms with E-state index in [1.165, 1.54) is 4.68 Å². The van der Waals surface area contributed by atoms with Crippen molar-refractivity contribution < 1.29 is 9.53 Å². The zero-order valence-electron chi connectivity index (χ0n) is 18.3. The van der Waals surface area contributed by atoms with Gasteiger partial charge in [0.2, 0.25) is 5.91 Å². The molecule has 0 spiro atoms. The molecular weight excluding hydrogens is 396 g/mol. The van der Waals surface area contributed by atoms with Crippen molar-refractivity contribution in [2.45, 2.75) is 26.3 Å². The molecule has 9 nitrogen and oxygen atoms in total. The Bertz CT molecular complexity index is 917. The summed E-state index contributed by atoms with van der Waals surface area (Å²) in [5.41, 5.74) is 7.31. The number of ether oxygens (including phenoxy) is 1. The molecule has 1 aromatic carbocycles. The van der Waals surface area contributed by atoms with Crippen molar-refractivity contribution in [2.75, 3.05) is 56.2 Å². The lowest BCUT2D eigenvalue weighted by molar-refractivity contribution is -0.132. The van der Waals surface area contributed by atoms with Crippen LogP contribution in [0.1, 0.15) is 20.3 Å². The fraction of sp³-hybridized carbons (Fsp3) is 0.500. The van der Waals surface area contributed by atoms with Crippen molar-refractivity contribution in [1.82, 2.24) is 14.7 Å². The molecule has 9 heteroatoms.